The first kappa shape index (κ1) is 34.9. The maximum absolute atomic E-state index is 11.8. The quantitative estimate of drug-likeness (QED) is 0.0892. The van der Waals surface area contributed by atoms with Crippen LogP contribution in [0.2, 0.25) is 0 Å². The van der Waals surface area contributed by atoms with Gasteiger partial charge in [-0.25, -0.2) is 4.79 Å². The first-order chi connectivity index (χ1) is 19.2. The second-order valence-electron chi connectivity index (χ2n) is 10.1. The van der Waals surface area contributed by atoms with E-state index < -0.39 is 6.09 Å². The summed E-state index contributed by atoms with van der Waals surface area (Å²) in [6, 6.07) is 9.52. The Labute approximate surface area is 237 Å². The Morgan fingerprint density at radius 2 is 1.13 bits per heavy atom. The second-order valence-corrected chi connectivity index (χ2v) is 10.1. The van der Waals surface area contributed by atoms with Gasteiger partial charge < -0.3 is 24.3 Å². The number of hydrogen-bond donors (Lipinski definition) is 1. The molecule has 0 radical (unpaired) electrons. The Bertz CT molecular complexity index is 684. The fourth-order valence-electron chi connectivity index (χ4n) is 4.25. The minimum Gasteiger partial charge on any atom is -0.463 e. The van der Waals surface area contributed by atoms with E-state index in [1.165, 1.54) is 83.5 Å². The van der Waals surface area contributed by atoms with Crippen molar-refractivity contribution in [3.05, 3.63) is 35.9 Å². The second kappa shape index (κ2) is 27.4. The summed E-state index contributed by atoms with van der Waals surface area (Å²) in [6.45, 7) is 4.70. The minimum absolute atomic E-state index is 0.144. The first-order valence-corrected chi connectivity index (χ1v) is 15.5. The van der Waals surface area contributed by atoms with E-state index in [1.54, 1.807) is 0 Å². The molecule has 1 amide bonds. The van der Waals surface area contributed by atoms with Crippen molar-refractivity contribution in [2.75, 3.05) is 39.6 Å². The molecule has 7 heteroatoms. The monoisotopic (exact) mass is 549 g/mol. The van der Waals surface area contributed by atoms with Crippen molar-refractivity contribution in [1.29, 1.82) is 0 Å². The standard InChI is InChI=1S/C32H55NO6/c1-2-3-4-5-6-7-8-9-10-11-12-13-14-15-19-22-31(34)38-28-27-37-26-25-36-24-23-33-32(35)39-29-30-20-17-16-18-21-30/h16-18,20-21H,2-15,19,22-29H2,1H3,(H,33,35). The van der Waals surface area contributed by atoms with Crippen LogP contribution in [0.1, 0.15) is 115 Å². The molecule has 0 fully saturated rings. The van der Waals surface area contributed by atoms with E-state index in [0.29, 0.717) is 39.4 Å². The zero-order valence-corrected chi connectivity index (χ0v) is 24.6. The zero-order chi connectivity index (χ0) is 28.1. The van der Waals surface area contributed by atoms with Crippen molar-refractivity contribution >= 4 is 12.1 Å². The normalized spacial score (nSPS) is 10.9. The molecule has 39 heavy (non-hydrogen) atoms. The van der Waals surface area contributed by atoms with Crippen LogP contribution in [0, 0.1) is 0 Å². The largest absolute Gasteiger partial charge is 0.463 e. The van der Waals surface area contributed by atoms with Crippen LogP contribution in [0.15, 0.2) is 30.3 Å². The van der Waals surface area contributed by atoms with Crippen molar-refractivity contribution in [3.8, 4) is 0 Å². The van der Waals surface area contributed by atoms with Crippen LogP contribution in [0.3, 0.4) is 0 Å². The molecule has 0 heterocycles. The molecule has 0 atom stereocenters. The third kappa shape index (κ3) is 24.6. The lowest BCUT2D eigenvalue weighted by atomic mass is 10.0. The number of nitrogens with one attached hydrogen (secondary N) is 1. The van der Waals surface area contributed by atoms with Gasteiger partial charge >= 0.3 is 12.1 Å². The average Bonchev–Trinajstić information content (AvgIpc) is 2.95. The zero-order valence-electron chi connectivity index (χ0n) is 24.6. The molecule has 224 valence electrons. The lowest BCUT2D eigenvalue weighted by Crippen LogP contribution is -2.28. The molecule has 7 nitrogen and oxygen atoms in total. The summed E-state index contributed by atoms with van der Waals surface area (Å²) in [5.41, 5.74) is 0.941. The molecule has 0 aliphatic carbocycles. The third-order valence-electron chi connectivity index (χ3n) is 6.58. The Morgan fingerprint density at radius 1 is 0.615 bits per heavy atom. The number of unbranched alkanes of at least 4 members (excludes halogenated alkanes) is 14. The molecule has 1 N–H and O–H groups in total. The maximum atomic E-state index is 11.8. The van der Waals surface area contributed by atoms with Gasteiger partial charge in [0.15, 0.2) is 0 Å². The number of rotatable bonds is 27. The highest BCUT2D eigenvalue weighted by atomic mass is 16.6. The highest BCUT2D eigenvalue weighted by molar-refractivity contribution is 5.69. The number of amides is 1. The number of hydrogen-bond acceptors (Lipinski definition) is 6. The number of alkyl carbamates (subject to hydrolysis) is 1. The SMILES string of the molecule is CCCCCCCCCCCCCCCCCC(=O)OCCOCCOCCNC(=O)OCc1ccccc1. The van der Waals surface area contributed by atoms with Crippen LogP contribution in [0.25, 0.3) is 0 Å². The predicted molar refractivity (Wildman–Crippen MR) is 157 cm³/mol. The van der Waals surface area contributed by atoms with E-state index in [-0.39, 0.29) is 19.2 Å². The maximum Gasteiger partial charge on any atom is 0.407 e. The fourth-order valence-corrected chi connectivity index (χ4v) is 4.25. The van der Waals surface area contributed by atoms with Crippen LogP contribution >= 0.6 is 0 Å². The Hall–Kier alpha value is -2.12. The smallest absolute Gasteiger partial charge is 0.407 e. The number of carbonyl (C=O) groups is 2. The predicted octanol–water partition coefficient (Wildman–Crippen LogP) is 7.75. The van der Waals surface area contributed by atoms with E-state index in [4.69, 9.17) is 18.9 Å². The van der Waals surface area contributed by atoms with Gasteiger partial charge in [-0.05, 0) is 12.0 Å². The molecule has 0 bridgehead atoms. The Balaban J connectivity index is 1.73. The minimum atomic E-state index is -0.468. The molecule has 1 aromatic carbocycles. The molecular formula is C32H55NO6. The van der Waals surface area contributed by atoms with E-state index in [1.807, 2.05) is 30.3 Å². The highest BCUT2D eigenvalue weighted by Gasteiger charge is 2.04. The highest BCUT2D eigenvalue weighted by Crippen LogP contribution is 2.13. The number of benzene rings is 1. The molecule has 1 rings (SSSR count). The number of carbonyl (C=O) groups excluding carboxylic acids is 2. The summed E-state index contributed by atoms with van der Waals surface area (Å²) in [7, 11) is 0. The van der Waals surface area contributed by atoms with Gasteiger partial charge in [-0.3, -0.25) is 4.79 Å². The third-order valence-corrected chi connectivity index (χ3v) is 6.58. The van der Waals surface area contributed by atoms with Crippen molar-refractivity contribution < 1.29 is 28.5 Å². The lowest BCUT2D eigenvalue weighted by Gasteiger charge is -2.08. The van der Waals surface area contributed by atoms with Crippen LogP contribution in [0.5, 0.6) is 0 Å². The summed E-state index contributed by atoms with van der Waals surface area (Å²) >= 11 is 0. The van der Waals surface area contributed by atoms with Crippen LogP contribution in [-0.4, -0.2) is 51.6 Å². The average molecular weight is 550 g/mol. The topological polar surface area (TPSA) is 83.1 Å². The summed E-state index contributed by atoms with van der Waals surface area (Å²) in [5, 5.41) is 2.64. The van der Waals surface area contributed by atoms with Crippen molar-refractivity contribution in [3.63, 3.8) is 0 Å². The molecule has 0 saturated carbocycles. The molecule has 0 saturated heterocycles. The molecule has 0 aliphatic rings. The van der Waals surface area contributed by atoms with E-state index in [2.05, 4.69) is 12.2 Å². The van der Waals surface area contributed by atoms with Crippen LogP contribution in [0.4, 0.5) is 4.79 Å². The Kier molecular flexibility index (Phi) is 24.6. The molecule has 0 unspecified atom stereocenters. The van der Waals surface area contributed by atoms with Gasteiger partial charge in [-0.15, -0.1) is 0 Å². The van der Waals surface area contributed by atoms with Gasteiger partial charge in [-0.2, -0.15) is 0 Å². The van der Waals surface area contributed by atoms with Crippen LogP contribution < -0.4 is 5.32 Å². The molecule has 1 aromatic rings. The first-order valence-electron chi connectivity index (χ1n) is 15.5. The summed E-state index contributed by atoms with van der Waals surface area (Å²) in [4.78, 5) is 23.4. The van der Waals surface area contributed by atoms with Crippen molar-refractivity contribution in [2.45, 2.75) is 116 Å². The van der Waals surface area contributed by atoms with Gasteiger partial charge in [0.2, 0.25) is 0 Å². The number of esters is 1. The fraction of sp³-hybridized carbons (Fsp3) is 0.750. The van der Waals surface area contributed by atoms with E-state index in [0.717, 1.165) is 18.4 Å². The van der Waals surface area contributed by atoms with Crippen molar-refractivity contribution in [1.82, 2.24) is 5.32 Å². The molecule has 0 aromatic heterocycles. The van der Waals surface area contributed by atoms with Gasteiger partial charge in [0, 0.05) is 13.0 Å². The lowest BCUT2D eigenvalue weighted by molar-refractivity contribution is -0.145. The molecule has 0 spiro atoms. The summed E-state index contributed by atoms with van der Waals surface area (Å²) < 4.78 is 21.2. The van der Waals surface area contributed by atoms with E-state index >= 15 is 0 Å². The number of ether oxygens (including phenoxy) is 4. The van der Waals surface area contributed by atoms with Gasteiger partial charge in [0.1, 0.15) is 13.2 Å². The molecule has 0 aliphatic heterocycles. The van der Waals surface area contributed by atoms with E-state index in [9.17, 15) is 9.59 Å². The Morgan fingerprint density at radius 3 is 1.72 bits per heavy atom. The van der Waals surface area contributed by atoms with Gasteiger partial charge in [0.25, 0.3) is 0 Å². The molecular weight excluding hydrogens is 494 g/mol. The van der Waals surface area contributed by atoms with Gasteiger partial charge in [0.05, 0.1) is 26.4 Å². The summed E-state index contributed by atoms with van der Waals surface area (Å²) in [6.07, 6.45) is 19.7. The van der Waals surface area contributed by atoms with Crippen LogP contribution in [-0.2, 0) is 30.3 Å². The summed E-state index contributed by atoms with van der Waals surface area (Å²) in [5.74, 6) is -0.144. The van der Waals surface area contributed by atoms with Gasteiger partial charge in [-0.1, -0.05) is 127 Å². The van der Waals surface area contributed by atoms with Crippen molar-refractivity contribution in [2.24, 2.45) is 0 Å².